The fraction of sp³-hybridized carbons (Fsp3) is 0.0137. The molecule has 2 N–H and O–H groups in total. The first kappa shape index (κ1) is 38.1. The van der Waals surface area contributed by atoms with Gasteiger partial charge in [0.1, 0.15) is 22.3 Å². The zero-order valence-electron chi connectivity index (χ0n) is 51.4. The first-order valence-electron chi connectivity index (χ1n) is 30.1. The summed E-state index contributed by atoms with van der Waals surface area (Å²) in [7, 11) is 0. The van der Waals surface area contributed by atoms with E-state index in [1.807, 2.05) is 121 Å². The number of halogens is 1. The van der Waals surface area contributed by atoms with Gasteiger partial charge in [0.15, 0.2) is 0 Å². The molecule has 0 bridgehead atoms. The molecular formula is C73H52BrNO2. The van der Waals surface area contributed by atoms with E-state index in [2.05, 4.69) is 113 Å². The third kappa shape index (κ3) is 10.7. The monoisotopic (exact) mass is 1060 g/mol. The highest BCUT2D eigenvalue weighted by Gasteiger charge is 2.14. The Labute approximate surface area is 471 Å². The van der Waals surface area contributed by atoms with Gasteiger partial charge in [-0.2, -0.15) is 0 Å². The van der Waals surface area contributed by atoms with E-state index in [0.717, 1.165) is 105 Å². The molecule has 0 amide bonds. The molecule has 0 aliphatic heterocycles. The van der Waals surface area contributed by atoms with E-state index in [-0.39, 0.29) is 71.6 Å². The molecule has 0 aliphatic carbocycles. The first-order valence-corrected chi connectivity index (χ1v) is 25.9. The molecule has 14 rings (SSSR count). The zero-order valence-corrected chi connectivity index (χ0v) is 43.0. The van der Waals surface area contributed by atoms with Crippen LogP contribution >= 0.6 is 15.9 Å². The molecule has 0 fully saturated rings. The molecule has 12 aromatic carbocycles. The second-order valence-corrected chi connectivity index (χ2v) is 19.3. The lowest BCUT2D eigenvalue weighted by atomic mass is 9.97. The Hall–Kier alpha value is -9.48. The third-order valence-corrected chi connectivity index (χ3v) is 14.0. The Morgan fingerprint density at radius 3 is 1.05 bits per heavy atom. The summed E-state index contributed by atoms with van der Waals surface area (Å²) in [4.78, 5) is 0. The molecule has 77 heavy (non-hydrogen) atoms. The van der Waals surface area contributed by atoms with E-state index in [1.165, 1.54) is 11.1 Å². The van der Waals surface area contributed by atoms with Crippen molar-refractivity contribution >= 4 is 65.5 Å². The molecule has 368 valence electrons. The number of para-hydroxylation sites is 4. The summed E-state index contributed by atoms with van der Waals surface area (Å²) in [5, 5.41) is 4.56. The molecule has 3 nitrogen and oxygen atoms in total. The molecule has 0 spiro atoms. The topological polar surface area (TPSA) is 52.3 Å². The summed E-state index contributed by atoms with van der Waals surface area (Å²) in [6.07, 6.45) is 0.809. The Balaban J connectivity index is 0.000000141. The number of fused-ring (bicyclic) bond motifs is 6. The van der Waals surface area contributed by atoms with Crippen molar-refractivity contribution in [1.29, 1.82) is 0 Å². The van der Waals surface area contributed by atoms with Gasteiger partial charge in [0.05, 0.1) is 13.7 Å². The molecule has 2 heterocycles. The largest absolute Gasteiger partial charge is 0.455 e. The summed E-state index contributed by atoms with van der Waals surface area (Å²) < 4.78 is 92.7. The van der Waals surface area contributed by atoms with Crippen LogP contribution in [0.15, 0.2) is 304 Å². The normalized spacial score (nSPS) is 12.8. The van der Waals surface area contributed by atoms with Crippen LogP contribution in [0.25, 0.3) is 111 Å². The first-order chi connectivity index (χ1) is 42.1. The molecule has 0 unspecified atom stereocenters. The van der Waals surface area contributed by atoms with Crippen LogP contribution in [-0.2, 0) is 6.42 Å². The van der Waals surface area contributed by atoms with Crippen molar-refractivity contribution in [3.05, 3.63) is 307 Å². The van der Waals surface area contributed by atoms with Gasteiger partial charge in [0.2, 0.25) is 0 Å². The highest BCUT2D eigenvalue weighted by Crippen LogP contribution is 2.38. The number of anilines is 1. The molecule has 0 atom stereocenters. The van der Waals surface area contributed by atoms with E-state index in [4.69, 9.17) is 28.3 Å². The van der Waals surface area contributed by atoms with Crippen LogP contribution < -0.4 is 5.73 Å². The van der Waals surface area contributed by atoms with Gasteiger partial charge < -0.3 is 14.6 Å². The minimum atomic E-state index is -0.383. The number of nitrogen functional groups attached to an aromatic ring is 1. The van der Waals surface area contributed by atoms with Gasteiger partial charge in [-0.1, -0.05) is 270 Å². The number of rotatable bonds is 8. The third-order valence-electron chi connectivity index (χ3n) is 13.5. The van der Waals surface area contributed by atoms with Crippen LogP contribution in [0.5, 0.6) is 0 Å². The standard InChI is InChI=1S/C37H26O.C18H13Br.C18H13NO/c1-2-7-28(8-3-1)30-21-23-31(24-22-30)29-17-13-26(14-18-29)25-27-15-19-32(20-16-27)33-10-6-11-35-34-9-4-5-12-36(34)38-37(33)35;19-18-12-10-17(11-13-18)16-8-6-15(7-9-16)14-4-2-1-3-5-14;19-13-10-8-12(9-11-13)14-5-3-6-16-15-4-1-2-7-17(15)20-18(14)16/h1-24H,25H2;1-13H;1-11H,19H2/i1D,2D,3D,7D,8D;1D,2D,3D,4D,5D;. The molecule has 14 aromatic rings. The van der Waals surface area contributed by atoms with Crippen LogP contribution in [0.1, 0.15) is 24.8 Å². The van der Waals surface area contributed by atoms with E-state index >= 15 is 0 Å². The van der Waals surface area contributed by atoms with Gasteiger partial charge in [0.25, 0.3) is 0 Å². The van der Waals surface area contributed by atoms with Crippen LogP contribution in [0.2, 0.25) is 0 Å². The lowest BCUT2D eigenvalue weighted by molar-refractivity contribution is 0.669. The second-order valence-electron chi connectivity index (χ2n) is 18.4. The average Bonchev–Trinajstić information content (AvgIpc) is 2.10. The summed E-state index contributed by atoms with van der Waals surface area (Å²) in [5.74, 6) is 0. The summed E-state index contributed by atoms with van der Waals surface area (Å²) >= 11 is 3.40. The minimum Gasteiger partial charge on any atom is -0.455 e. The zero-order chi connectivity index (χ0) is 60.6. The van der Waals surface area contributed by atoms with Crippen LogP contribution in [-0.4, -0.2) is 0 Å². The lowest BCUT2D eigenvalue weighted by Crippen LogP contribution is -1.89. The maximum atomic E-state index is 8.24. The predicted molar refractivity (Wildman–Crippen MR) is 328 cm³/mol. The number of hydrogen-bond donors (Lipinski definition) is 1. The van der Waals surface area contributed by atoms with Gasteiger partial charge in [0, 0.05) is 42.8 Å². The Morgan fingerprint density at radius 1 is 0.312 bits per heavy atom. The van der Waals surface area contributed by atoms with Crippen molar-refractivity contribution in [3.63, 3.8) is 0 Å². The predicted octanol–water partition coefficient (Wildman–Crippen LogP) is 20.8. The molecular weight excluding hydrogens is 1000 g/mol. The molecule has 0 radical (unpaired) electrons. The highest BCUT2D eigenvalue weighted by molar-refractivity contribution is 9.10. The average molecular weight is 1070 g/mol. The van der Waals surface area contributed by atoms with Crippen LogP contribution in [0.3, 0.4) is 0 Å². The lowest BCUT2D eigenvalue weighted by Gasteiger charge is -2.08. The number of hydrogen-bond acceptors (Lipinski definition) is 3. The van der Waals surface area contributed by atoms with Crippen molar-refractivity contribution in [2.45, 2.75) is 6.42 Å². The van der Waals surface area contributed by atoms with E-state index in [0.29, 0.717) is 11.1 Å². The van der Waals surface area contributed by atoms with E-state index in [1.54, 1.807) is 12.1 Å². The maximum Gasteiger partial charge on any atom is 0.143 e. The smallest absolute Gasteiger partial charge is 0.143 e. The Kier molecular flexibility index (Phi) is 11.0. The Morgan fingerprint density at radius 2 is 0.636 bits per heavy atom. The van der Waals surface area contributed by atoms with E-state index < -0.39 is 0 Å². The molecule has 0 saturated carbocycles. The highest BCUT2D eigenvalue weighted by atomic mass is 79.9. The molecule has 2 aromatic heterocycles. The fourth-order valence-corrected chi connectivity index (χ4v) is 9.82. The fourth-order valence-electron chi connectivity index (χ4n) is 9.55. The molecule has 0 saturated heterocycles. The van der Waals surface area contributed by atoms with Gasteiger partial charge in [-0.25, -0.2) is 0 Å². The van der Waals surface area contributed by atoms with Gasteiger partial charge in [-0.05, 0) is 110 Å². The minimum absolute atomic E-state index is 0.183. The Bertz CT molecular complexity index is 4820. The molecule has 0 aliphatic rings. The quantitative estimate of drug-likeness (QED) is 0.154. The van der Waals surface area contributed by atoms with Gasteiger partial charge in [-0.15, -0.1) is 0 Å². The van der Waals surface area contributed by atoms with Crippen molar-refractivity contribution in [2.75, 3.05) is 5.73 Å². The van der Waals surface area contributed by atoms with Crippen molar-refractivity contribution in [1.82, 2.24) is 0 Å². The van der Waals surface area contributed by atoms with Crippen LogP contribution in [0, 0.1) is 0 Å². The maximum absolute atomic E-state index is 8.24. The van der Waals surface area contributed by atoms with Crippen molar-refractivity contribution in [2.24, 2.45) is 0 Å². The SMILES string of the molecule is Nc1ccc(-c2cccc3c2oc2ccccc23)cc1.[2H]c1c([2H])c([2H])c(-c2ccc(-c3ccc(Br)cc3)cc2)c([2H])c1[2H].[2H]c1c([2H])c([2H])c(-c2ccc(-c3ccc(Cc4ccc(-c5cccc6c5oc5ccccc56)cc4)cc3)cc2)c([2H])c1[2H]. The number of benzene rings is 12. The van der Waals surface area contributed by atoms with Crippen molar-refractivity contribution in [3.8, 4) is 66.8 Å². The summed E-state index contributed by atoms with van der Waals surface area (Å²) in [5.41, 5.74) is 22.7. The second kappa shape index (κ2) is 22.2. The van der Waals surface area contributed by atoms with Gasteiger partial charge >= 0.3 is 0 Å². The van der Waals surface area contributed by atoms with E-state index in [9.17, 15) is 0 Å². The van der Waals surface area contributed by atoms with Crippen molar-refractivity contribution < 1.29 is 22.5 Å². The summed E-state index contributed by atoms with van der Waals surface area (Å²) in [6.45, 7) is 0. The summed E-state index contributed by atoms with van der Waals surface area (Å²) in [6, 6.07) is 73.7. The van der Waals surface area contributed by atoms with Crippen LogP contribution in [0.4, 0.5) is 5.69 Å². The number of furan rings is 2. The molecule has 4 heteroatoms. The van der Waals surface area contributed by atoms with Gasteiger partial charge in [-0.3, -0.25) is 0 Å². The number of nitrogens with two attached hydrogens (primary N) is 1.